The van der Waals surface area contributed by atoms with Gasteiger partial charge in [0.1, 0.15) is 0 Å². The Kier molecular flexibility index (Phi) is 6.37. The van der Waals surface area contributed by atoms with E-state index in [0.717, 1.165) is 5.39 Å². The standard InChI is InChI=1S/C23H20ClNO5/c1-13(2)30-22-17(24)11-14(12-20(22)29-3)10-16(21(26)23(27)28)19-9-8-15-6-4-5-7-18(15)25-19/h4-13H,1-3H3,(H,27,28)/b16-10+. The highest BCUT2D eigenvalue weighted by Gasteiger charge is 2.22. The molecule has 30 heavy (non-hydrogen) atoms. The molecule has 3 aromatic rings. The highest BCUT2D eigenvalue weighted by Crippen LogP contribution is 2.38. The number of nitrogens with zero attached hydrogens (tertiary/aromatic N) is 1. The van der Waals surface area contributed by atoms with Crippen molar-refractivity contribution in [3.05, 3.63) is 64.8 Å². The van der Waals surface area contributed by atoms with Crippen LogP contribution < -0.4 is 9.47 Å². The van der Waals surface area contributed by atoms with Crippen molar-refractivity contribution in [2.24, 2.45) is 0 Å². The zero-order chi connectivity index (χ0) is 21.8. The van der Waals surface area contributed by atoms with Crippen LogP contribution in [0.4, 0.5) is 0 Å². The van der Waals surface area contributed by atoms with E-state index in [-0.39, 0.29) is 22.4 Å². The van der Waals surface area contributed by atoms with Crippen LogP contribution in [0.25, 0.3) is 22.6 Å². The average molecular weight is 426 g/mol. The number of carboxylic acid groups (broad SMARTS) is 1. The summed E-state index contributed by atoms with van der Waals surface area (Å²) in [5, 5.41) is 10.5. The first-order chi connectivity index (χ1) is 14.3. The molecule has 1 heterocycles. The lowest BCUT2D eigenvalue weighted by atomic mass is 10.0. The van der Waals surface area contributed by atoms with Gasteiger partial charge in [-0.15, -0.1) is 0 Å². The molecule has 0 spiro atoms. The Balaban J connectivity index is 2.15. The minimum absolute atomic E-state index is 0.0658. The molecule has 0 radical (unpaired) electrons. The zero-order valence-corrected chi connectivity index (χ0v) is 17.4. The highest BCUT2D eigenvalue weighted by atomic mass is 35.5. The maximum atomic E-state index is 12.4. The fourth-order valence-electron chi connectivity index (χ4n) is 2.93. The zero-order valence-electron chi connectivity index (χ0n) is 16.7. The van der Waals surface area contributed by atoms with Gasteiger partial charge in [0.05, 0.1) is 35.0 Å². The summed E-state index contributed by atoms with van der Waals surface area (Å²) < 4.78 is 11.1. The van der Waals surface area contributed by atoms with Crippen LogP contribution in [0.15, 0.2) is 48.5 Å². The summed E-state index contributed by atoms with van der Waals surface area (Å²) in [6, 6.07) is 14.0. The fraction of sp³-hybridized carbons (Fsp3) is 0.174. The topological polar surface area (TPSA) is 85.7 Å². The molecule has 0 bridgehead atoms. The van der Waals surface area contributed by atoms with Crippen molar-refractivity contribution in [3.63, 3.8) is 0 Å². The molecular weight excluding hydrogens is 406 g/mol. The monoisotopic (exact) mass is 425 g/mol. The minimum atomic E-state index is -1.57. The first-order valence-electron chi connectivity index (χ1n) is 9.20. The number of Topliss-reactive ketones (excluding diaryl/α,β-unsaturated/α-hetero) is 1. The molecular formula is C23H20ClNO5. The number of benzene rings is 2. The summed E-state index contributed by atoms with van der Waals surface area (Å²) in [5.74, 6) is -1.90. The number of aromatic nitrogens is 1. The molecule has 0 saturated carbocycles. The van der Waals surface area contributed by atoms with Crippen LogP contribution in [0.3, 0.4) is 0 Å². The van der Waals surface area contributed by atoms with Gasteiger partial charge in [0.2, 0.25) is 0 Å². The molecule has 0 aliphatic carbocycles. The maximum Gasteiger partial charge on any atom is 0.377 e. The fourth-order valence-corrected chi connectivity index (χ4v) is 3.19. The lowest BCUT2D eigenvalue weighted by Crippen LogP contribution is -2.15. The van der Waals surface area contributed by atoms with Crippen molar-refractivity contribution in [1.82, 2.24) is 4.98 Å². The summed E-state index contributed by atoms with van der Waals surface area (Å²) in [7, 11) is 1.47. The number of hydrogen-bond acceptors (Lipinski definition) is 5. The second-order valence-corrected chi connectivity index (χ2v) is 7.19. The van der Waals surface area contributed by atoms with Crippen molar-refractivity contribution in [2.45, 2.75) is 20.0 Å². The molecule has 6 nitrogen and oxygen atoms in total. The third-order valence-corrected chi connectivity index (χ3v) is 4.51. The van der Waals surface area contributed by atoms with Crippen LogP contribution in [0.5, 0.6) is 11.5 Å². The highest BCUT2D eigenvalue weighted by molar-refractivity contribution is 6.52. The number of para-hydroxylation sites is 1. The predicted octanol–water partition coefficient (Wildman–Crippen LogP) is 4.88. The molecule has 0 amide bonds. The molecule has 0 atom stereocenters. The van der Waals surface area contributed by atoms with Crippen LogP contribution in [0.2, 0.25) is 5.02 Å². The van der Waals surface area contributed by atoms with Crippen molar-refractivity contribution in [1.29, 1.82) is 0 Å². The van der Waals surface area contributed by atoms with Crippen molar-refractivity contribution in [2.75, 3.05) is 7.11 Å². The summed E-state index contributed by atoms with van der Waals surface area (Å²) in [5.41, 5.74) is 1.31. The molecule has 0 saturated heterocycles. The summed E-state index contributed by atoms with van der Waals surface area (Å²) in [6.07, 6.45) is 1.31. The molecule has 1 N–H and O–H groups in total. The number of methoxy groups -OCH3 is 1. The van der Waals surface area contributed by atoms with E-state index in [0.29, 0.717) is 22.6 Å². The van der Waals surface area contributed by atoms with Gasteiger partial charge in [0, 0.05) is 5.39 Å². The first-order valence-corrected chi connectivity index (χ1v) is 9.57. The van der Waals surface area contributed by atoms with Gasteiger partial charge in [-0.05, 0) is 49.8 Å². The summed E-state index contributed by atoms with van der Waals surface area (Å²) in [6.45, 7) is 3.72. The van der Waals surface area contributed by atoms with Gasteiger partial charge in [0.25, 0.3) is 5.78 Å². The number of ketones is 1. The molecule has 154 valence electrons. The van der Waals surface area contributed by atoms with Gasteiger partial charge < -0.3 is 14.6 Å². The number of fused-ring (bicyclic) bond motifs is 1. The van der Waals surface area contributed by atoms with E-state index < -0.39 is 11.8 Å². The molecule has 3 rings (SSSR count). The first kappa shape index (κ1) is 21.3. The molecule has 0 aliphatic rings. The molecule has 0 unspecified atom stereocenters. The quantitative estimate of drug-likeness (QED) is 0.429. The predicted molar refractivity (Wildman–Crippen MR) is 116 cm³/mol. The Hall–Kier alpha value is -3.38. The largest absolute Gasteiger partial charge is 0.493 e. The van der Waals surface area contributed by atoms with E-state index in [1.54, 1.807) is 30.3 Å². The third-order valence-electron chi connectivity index (χ3n) is 4.23. The number of halogens is 1. The smallest absolute Gasteiger partial charge is 0.377 e. The van der Waals surface area contributed by atoms with Crippen LogP contribution in [-0.2, 0) is 9.59 Å². The van der Waals surface area contributed by atoms with Gasteiger partial charge in [0.15, 0.2) is 11.5 Å². The minimum Gasteiger partial charge on any atom is -0.493 e. The normalized spacial score (nSPS) is 11.6. The second kappa shape index (κ2) is 8.97. The Morgan fingerprint density at radius 1 is 1.13 bits per heavy atom. The number of pyridine rings is 1. The second-order valence-electron chi connectivity index (χ2n) is 6.78. The number of carbonyl (C=O) groups excluding carboxylic acids is 1. The Morgan fingerprint density at radius 2 is 1.87 bits per heavy atom. The van der Waals surface area contributed by atoms with Crippen LogP contribution >= 0.6 is 11.6 Å². The lowest BCUT2D eigenvalue weighted by Gasteiger charge is -2.16. The third kappa shape index (κ3) is 4.60. The van der Waals surface area contributed by atoms with Crippen LogP contribution in [0.1, 0.15) is 25.1 Å². The van der Waals surface area contributed by atoms with E-state index >= 15 is 0 Å². The van der Waals surface area contributed by atoms with Gasteiger partial charge in [-0.2, -0.15) is 0 Å². The van der Waals surface area contributed by atoms with Gasteiger partial charge in [-0.25, -0.2) is 9.78 Å². The van der Waals surface area contributed by atoms with Crippen molar-refractivity contribution in [3.8, 4) is 11.5 Å². The van der Waals surface area contributed by atoms with E-state index in [9.17, 15) is 14.7 Å². The van der Waals surface area contributed by atoms with E-state index in [1.807, 2.05) is 32.0 Å². The Bertz CT molecular complexity index is 1150. The van der Waals surface area contributed by atoms with Gasteiger partial charge in [-0.3, -0.25) is 4.79 Å². The van der Waals surface area contributed by atoms with E-state index in [2.05, 4.69) is 4.98 Å². The summed E-state index contributed by atoms with van der Waals surface area (Å²) >= 11 is 6.36. The number of hydrogen-bond donors (Lipinski definition) is 1. The van der Waals surface area contributed by atoms with Gasteiger partial charge >= 0.3 is 5.97 Å². The number of carboxylic acids is 1. The van der Waals surface area contributed by atoms with Crippen molar-refractivity contribution >= 4 is 45.9 Å². The Labute approximate surface area is 178 Å². The van der Waals surface area contributed by atoms with Crippen molar-refractivity contribution < 1.29 is 24.2 Å². The average Bonchev–Trinajstić information content (AvgIpc) is 2.72. The number of carbonyl (C=O) groups is 2. The maximum absolute atomic E-state index is 12.4. The molecule has 0 aliphatic heterocycles. The lowest BCUT2D eigenvalue weighted by molar-refractivity contribution is -0.146. The van der Waals surface area contributed by atoms with E-state index in [4.69, 9.17) is 21.1 Å². The van der Waals surface area contributed by atoms with Crippen LogP contribution in [-0.4, -0.2) is 35.1 Å². The number of aliphatic carboxylic acids is 1. The molecule has 7 heteroatoms. The van der Waals surface area contributed by atoms with Gasteiger partial charge in [-0.1, -0.05) is 35.9 Å². The molecule has 0 fully saturated rings. The Morgan fingerprint density at radius 3 is 2.53 bits per heavy atom. The molecule has 1 aromatic heterocycles. The van der Waals surface area contributed by atoms with E-state index in [1.165, 1.54) is 13.2 Å². The van der Waals surface area contributed by atoms with Crippen LogP contribution in [0, 0.1) is 0 Å². The summed E-state index contributed by atoms with van der Waals surface area (Å²) in [4.78, 5) is 28.3. The SMILES string of the molecule is COc1cc(/C=C(/C(=O)C(=O)O)c2ccc3ccccc3n2)cc(Cl)c1OC(C)C. The molecule has 2 aromatic carbocycles. The number of rotatable bonds is 7. The number of ether oxygens (including phenoxy) is 2.